The number of nitrogens with zero attached hydrogens (tertiary/aromatic N) is 2. The fourth-order valence-corrected chi connectivity index (χ4v) is 2.02. The van der Waals surface area contributed by atoms with Gasteiger partial charge in [-0.1, -0.05) is 34.1 Å². The molecular weight excluding hydrogens is 292 g/mol. The quantitative estimate of drug-likeness (QED) is 0.712. The Labute approximate surface area is 113 Å². The highest BCUT2D eigenvalue weighted by molar-refractivity contribution is 9.10. The summed E-state index contributed by atoms with van der Waals surface area (Å²) in [4.78, 5) is 8.70. The maximum Gasteiger partial charge on any atom is 0.238 e. The monoisotopic (exact) mass is 300 g/mol. The summed E-state index contributed by atoms with van der Waals surface area (Å²) in [6.45, 7) is 0. The second kappa shape index (κ2) is 4.74. The average molecular weight is 301 g/mol. The summed E-state index contributed by atoms with van der Waals surface area (Å²) in [5, 5.41) is 0. The molecule has 0 unspecified atom stereocenters. The van der Waals surface area contributed by atoms with Crippen molar-refractivity contribution in [1.29, 1.82) is 0 Å². The Kier molecular flexibility index (Phi) is 2.94. The molecule has 4 heteroatoms. The maximum absolute atomic E-state index is 5.66. The fourth-order valence-electron chi connectivity index (χ4n) is 1.64. The van der Waals surface area contributed by atoms with Gasteiger partial charge in [-0.3, -0.25) is 0 Å². The zero-order chi connectivity index (χ0) is 12.4. The van der Waals surface area contributed by atoms with Gasteiger partial charge in [0, 0.05) is 4.47 Å². The molecule has 0 spiro atoms. The number of ether oxygens (including phenoxy) is 1. The van der Waals surface area contributed by atoms with Gasteiger partial charge in [0.25, 0.3) is 0 Å². The van der Waals surface area contributed by atoms with Gasteiger partial charge in [-0.2, -0.15) is 0 Å². The molecule has 3 nitrogen and oxygen atoms in total. The van der Waals surface area contributed by atoms with Crippen molar-refractivity contribution in [3.05, 3.63) is 59.2 Å². The minimum atomic E-state index is 0.492. The first kappa shape index (κ1) is 11.2. The normalized spacial score (nSPS) is 10.5. The average Bonchev–Trinajstić information content (AvgIpc) is 2.39. The number of rotatable bonds is 2. The van der Waals surface area contributed by atoms with E-state index >= 15 is 0 Å². The first-order valence-electron chi connectivity index (χ1n) is 5.46. The van der Waals surface area contributed by atoms with E-state index in [4.69, 9.17) is 4.74 Å². The minimum Gasteiger partial charge on any atom is -0.437 e. The molecule has 0 aliphatic rings. The third-order valence-corrected chi connectivity index (χ3v) is 2.94. The smallest absolute Gasteiger partial charge is 0.238 e. The number of para-hydroxylation sites is 2. The van der Waals surface area contributed by atoms with E-state index in [0.717, 1.165) is 21.3 Å². The number of hydrogen-bond donors (Lipinski definition) is 0. The van der Waals surface area contributed by atoms with Gasteiger partial charge < -0.3 is 4.74 Å². The molecule has 0 atom stereocenters. The third kappa shape index (κ3) is 2.33. The van der Waals surface area contributed by atoms with Crippen molar-refractivity contribution in [3.63, 3.8) is 0 Å². The van der Waals surface area contributed by atoms with E-state index in [-0.39, 0.29) is 0 Å². The van der Waals surface area contributed by atoms with Crippen LogP contribution in [0.4, 0.5) is 0 Å². The topological polar surface area (TPSA) is 35.0 Å². The Morgan fingerprint density at radius 1 is 0.944 bits per heavy atom. The van der Waals surface area contributed by atoms with Crippen molar-refractivity contribution in [1.82, 2.24) is 9.97 Å². The Morgan fingerprint density at radius 3 is 2.61 bits per heavy atom. The first-order chi connectivity index (χ1) is 8.81. The SMILES string of the molecule is Brc1cccc(Oc2cnc3ccccc3n2)c1. The molecular formula is C14H9BrN2O. The molecule has 0 N–H and O–H groups in total. The molecule has 18 heavy (non-hydrogen) atoms. The zero-order valence-corrected chi connectivity index (χ0v) is 11.0. The number of hydrogen-bond acceptors (Lipinski definition) is 3. The Morgan fingerprint density at radius 2 is 1.78 bits per heavy atom. The Balaban J connectivity index is 1.95. The van der Waals surface area contributed by atoms with E-state index < -0.39 is 0 Å². The lowest BCUT2D eigenvalue weighted by atomic mass is 10.3. The largest absolute Gasteiger partial charge is 0.437 e. The molecule has 0 amide bonds. The van der Waals surface area contributed by atoms with Gasteiger partial charge in [0.15, 0.2) is 0 Å². The second-order valence-corrected chi connectivity index (χ2v) is 4.67. The maximum atomic E-state index is 5.66. The molecule has 3 aromatic rings. The summed E-state index contributed by atoms with van der Waals surface area (Å²) in [5.74, 6) is 1.22. The molecule has 0 saturated heterocycles. The van der Waals surface area contributed by atoms with Crippen LogP contribution in [0.25, 0.3) is 11.0 Å². The van der Waals surface area contributed by atoms with Crippen molar-refractivity contribution in [2.45, 2.75) is 0 Å². The van der Waals surface area contributed by atoms with Crippen molar-refractivity contribution in [3.8, 4) is 11.6 Å². The lowest BCUT2D eigenvalue weighted by Crippen LogP contribution is -1.90. The van der Waals surface area contributed by atoms with E-state index in [1.54, 1.807) is 6.20 Å². The summed E-state index contributed by atoms with van der Waals surface area (Å²) in [5.41, 5.74) is 1.68. The predicted octanol–water partition coefficient (Wildman–Crippen LogP) is 4.18. The van der Waals surface area contributed by atoms with Crippen molar-refractivity contribution < 1.29 is 4.74 Å². The third-order valence-electron chi connectivity index (χ3n) is 2.44. The van der Waals surface area contributed by atoms with Gasteiger partial charge in [-0.15, -0.1) is 0 Å². The molecule has 0 bridgehead atoms. The zero-order valence-electron chi connectivity index (χ0n) is 9.38. The molecule has 3 rings (SSSR count). The number of aromatic nitrogens is 2. The summed E-state index contributed by atoms with van der Waals surface area (Å²) >= 11 is 3.40. The summed E-state index contributed by atoms with van der Waals surface area (Å²) in [7, 11) is 0. The van der Waals surface area contributed by atoms with Gasteiger partial charge in [0.1, 0.15) is 5.75 Å². The Bertz CT molecular complexity index is 700. The number of halogens is 1. The molecule has 88 valence electrons. The molecule has 0 radical (unpaired) electrons. The van der Waals surface area contributed by atoms with Crippen LogP contribution in [-0.2, 0) is 0 Å². The highest BCUT2D eigenvalue weighted by Crippen LogP contribution is 2.23. The van der Waals surface area contributed by atoms with Gasteiger partial charge in [0.2, 0.25) is 5.88 Å². The van der Waals surface area contributed by atoms with Crippen LogP contribution >= 0.6 is 15.9 Å². The number of fused-ring (bicyclic) bond motifs is 1. The summed E-state index contributed by atoms with van der Waals surface area (Å²) in [6.07, 6.45) is 1.63. The molecule has 0 saturated carbocycles. The number of benzene rings is 2. The highest BCUT2D eigenvalue weighted by Gasteiger charge is 2.02. The van der Waals surface area contributed by atoms with Crippen LogP contribution in [-0.4, -0.2) is 9.97 Å². The minimum absolute atomic E-state index is 0.492. The lowest BCUT2D eigenvalue weighted by molar-refractivity contribution is 0.462. The lowest BCUT2D eigenvalue weighted by Gasteiger charge is -2.05. The van der Waals surface area contributed by atoms with E-state index in [0.29, 0.717) is 5.88 Å². The molecule has 2 aromatic carbocycles. The van der Waals surface area contributed by atoms with Gasteiger partial charge >= 0.3 is 0 Å². The second-order valence-electron chi connectivity index (χ2n) is 3.76. The van der Waals surface area contributed by atoms with Crippen molar-refractivity contribution in [2.75, 3.05) is 0 Å². The molecule has 0 aliphatic carbocycles. The summed E-state index contributed by atoms with van der Waals surface area (Å²) < 4.78 is 6.63. The molecule has 1 aromatic heterocycles. The predicted molar refractivity (Wildman–Crippen MR) is 73.8 cm³/mol. The van der Waals surface area contributed by atoms with Gasteiger partial charge in [0.05, 0.1) is 17.2 Å². The van der Waals surface area contributed by atoms with Crippen LogP contribution in [0, 0.1) is 0 Å². The Hall–Kier alpha value is -1.94. The van der Waals surface area contributed by atoms with Gasteiger partial charge in [-0.25, -0.2) is 9.97 Å². The summed E-state index contributed by atoms with van der Waals surface area (Å²) in [6, 6.07) is 15.3. The van der Waals surface area contributed by atoms with Crippen molar-refractivity contribution in [2.24, 2.45) is 0 Å². The van der Waals surface area contributed by atoms with Gasteiger partial charge in [-0.05, 0) is 30.3 Å². The molecule has 0 fully saturated rings. The highest BCUT2D eigenvalue weighted by atomic mass is 79.9. The van der Waals surface area contributed by atoms with E-state index in [1.165, 1.54) is 0 Å². The van der Waals surface area contributed by atoms with Crippen LogP contribution < -0.4 is 4.74 Å². The van der Waals surface area contributed by atoms with E-state index in [9.17, 15) is 0 Å². The van der Waals surface area contributed by atoms with Crippen molar-refractivity contribution >= 4 is 27.0 Å². The molecule has 1 heterocycles. The van der Waals surface area contributed by atoms with Crippen LogP contribution in [0.3, 0.4) is 0 Å². The van der Waals surface area contributed by atoms with Crippen LogP contribution in [0.2, 0.25) is 0 Å². The van der Waals surface area contributed by atoms with Crippen LogP contribution in [0.1, 0.15) is 0 Å². The van der Waals surface area contributed by atoms with Crippen LogP contribution in [0.15, 0.2) is 59.2 Å². The first-order valence-corrected chi connectivity index (χ1v) is 6.26. The van der Waals surface area contributed by atoms with Crippen LogP contribution in [0.5, 0.6) is 11.6 Å². The van der Waals surface area contributed by atoms with E-state index in [1.807, 2.05) is 48.5 Å². The fraction of sp³-hybridized carbons (Fsp3) is 0. The van der Waals surface area contributed by atoms with E-state index in [2.05, 4.69) is 25.9 Å². The standard InChI is InChI=1S/C14H9BrN2O/c15-10-4-3-5-11(8-10)18-14-9-16-12-6-1-2-7-13(12)17-14/h1-9H. The molecule has 0 aliphatic heterocycles.